The highest BCUT2D eigenvalue weighted by Crippen LogP contribution is 2.23. The molecule has 140 valence electrons. The third kappa shape index (κ3) is 4.35. The van der Waals surface area contributed by atoms with Crippen LogP contribution >= 0.6 is 0 Å². The lowest BCUT2D eigenvalue weighted by atomic mass is 10.1. The van der Waals surface area contributed by atoms with E-state index in [0.717, 1.165) is 0 Å². The summed E-state index contributed by atoms with van der Waals surface area (Å²) in [5.41, 5.74) is -0.329. The summed E-state index contributed by atoms with van der Waals surface area (Å²) in [7, 11) is 1.27. The molecule has 0 fully saturated rings. The Morgan fingerprint density at radius 1 is 1.15 bits per heavy atom. The molecule has 0 saturated heterocycles. The molecule has 0 aliphatic rings. The van der Waals surface area contributed by atoms with Crippen LogP contribution in [0.4, 0.5) is 0 Å². The van der Waals surface area contributed by atoms with Crippen LogP contribution < -0.4 is 15.6 Å². The smallest absolute Gasteiger partial charge is 0.343 e. The van der Waals surface area contributed by atoms with Crippen molar-refractivity contribution in [1.82, 2.24) is 9.88 Å². The molecule has 0 unspecified atom stereocenters. The first kappa shape index (κ1) is 18.2. The Bertz CT molecular complexity index is 1010. The van der Waals surface area contributed by atoms with Crippen molar-refractivity contribution in [2.45, 2.75) is 13.1 Å². The second kappa shape index (κ2) is 8.22. The lowest BCUT2D eigenvalue weighted by molar-refractivity contribution is -0.142. The van der Waals surface area contributed by atoms with Crippen LogP contribution in [-0.4, -0.2) is 30.2 Å². The first-order valence-electron chi connectivity index (χ1n) is 8.19. The number of esters is 1. The number of fused-ring (bicyclic) bond motifs is 1. The molecule has 0 aliphatic heterocycles. The number of ether oxygens (including phenoxy) is 2. The number of hydrogen-bond donors (Lipinski definition) is 1. The van der Waals surface area contributed by atoms with Crippen LogP contribution in [0.25, 0.3) is 10.8 Å². The number of furan rings is 1. The van der Waals surface area contributed by atoms with Crippen LogP contribution in [0, 0.1) is 0 Å². The third-order valence-electron chi connectivity index (χ3n) is 3.91. The number of carbonyl (C=O) groups excluding carboxylic acids is 2. The van der Waals surface area contributed by atoms with E-state index in [2.05, 4.69) is 10.1 Å². The van der Waals surface area contributed by atoms with E-state index in [0.29, 0.717) is 22.3 Å². The predicted octanol–water partition coefficient (Wildman–Crippen LogP) is 1.46. The first-order valence-corrected chi connectivity index (χ1v) is 8.19. The van der Waals surface area contributed by atoms with Gasteiger partial charge in [-0.05, 0) is 30.3 Å². The first-order chi connectivity index (χ1) is 13.1. The zero-order chi connectivity index (χ0) is 19.2. The SMILES string of the molecule is COC(=O)COc1cccc2c(=O)n(CC(=O)NCc3ccco3)ccc12. The van der Waals surface area contributed by atoms with Crippen molar-refractivity contribution >= 4 is 22.6 Å². The molecule has 0 aliphatic carbocycles. The van der Waals surface area contributed by atoms with Gasteiger partial charge < -0.3 is 23.8 Å². The maximum atomic E-state index is 12.7. The molecule has 0 saturated carbocycles. The highest BCUT2D eigenvalue weighted by atomic mass is 16.6. The fourth-order valence-corrected chi connectivity index (χ4v) is 2.54. The van der Waals surface area contributed by atoms with Crippen molar-refractivity contribution in [2.75, 3.05) is 13.7 Å². The summed E-state index contributed by atoms with van der Waals surface area (Å²) >= 11 is 0. The van der Waals surface area contributed by atoms with Gasteiger partial charge in [-0.1, -0.05) is 6.07 Å². The Kier molecular flexibility index (Phi) is 5.55. The summed E-state index contributed by atoms with van der Waals surface area (Å²) in [5, 5.41) is 3.63. The van der Waals surface area contributed by atoms with Crippen LogP contribution in [-0.2, 0) is 27.4 Å². The minimum atomic E-state index is -0.520. The van der Waals surface area contributed by atoms with Gasteiger partial charge in [0.05, 0.1) is 25.3 Å². The number of nitrogens with zero attached hydrogens (tertiary/aromatic N) is 1. The summed E-state index contributed by atoms with van der Waals surface area (Å²) in [4.78, 5) is 36.0. The van der Waals surface area contributed by atoms with Crippen molar-refractivity contribution in [3.8, 4) is 5.75 Å². The topological polar surface area (TPSA) is 99.8 Å². The second-order valence-corrected chi connectivity index (χ2v) is 5.69. The van der Waals surface area contributed by atoms with Gasteiger partial charge in [-0.2, -0.15) is 0 Å². The minimum Gasteiger partial charge on any atom is -0.481 e. The van der Waals surface area contributed by atoms with E-state index >= 15 is 0 Å². The van der Waals surface area contributed by atoms with Gasteiger partial charge in [-0.25, -0.2) is 4.79 Å². The van der Waals surface area contributed by atoms with E-state index in [9.17, 15) is 14.4 Å². The molecule has 8 nitrogen and oxygen atoms in total. The van der Waals surface area contributed by atoms with Crippen molar-refractivity contribution in [3.63, 3.8) is 0 Å². The van der Waals surface area contributed by atoms with Crippen molar-refractivity contribution in [2.24, 2.45) is 0 Å². The molecule has 27 heavy (non-hydrogen) atoms. The average molecular weight is 370 g/mol. The van der Waals surface area contributed by atoms with E-state index < -0.39 is 5.97 Å². The molecule has 1 amide bonds. The second-order valence-electron chi connectivity index (χ2n) is 5.69. The largest absolute Gasteiger partial charge is 0.481 e. The van der Waals surface area contributed by atoms with E-state index in [4.69, 9.17) is 9.15 Å². The Balaban J connectivity index is 1.75. The zero-order valence-corrected chi connectivity index (χ0v) is 14.6. The number of pyridine rings is 1. The molecule has 8 heteroatoms. The Labute approximate surface area is 154 Å². The van der Waals surface area contributed by atoms with Crippen LogP contribution in [0.1, 0.15) is 5.76 Å². The van der Waals surface area contributed by atoms with Gasteiger partial charge in [0, 0.05) is 11.6 Å². The summed E-state index contributed by atoms with van der Waals surface area (Å²) in [6.07, 6.45) is 3.04. The van der Waals surface area contributed by atoms with Crippen molar-refractivity contribution in [3.05, 3.63) is 65.0 Å². The van der Waals surface area contributed by atoms with Gasteiger partial charge in [-0.15, -0.1) is 0 Å². The van der Waals surface area contributed by atoms with E-state index in [-0.39, 0.29) is 31.2 Å². The lowest BCUT2D eigenvalue weighted by Crippen LogP contribution is -2.31. The molecule has 2 heterocycles. The quantitative estimate of drug-likeness (QED) is 0.632. The minimum absolute atomic E-state index is 0.122. The molecule has 0 spiro atoms. The molecule has 1 N–H and O–H groups in total. The lowest BCUT2D eigenvalue weighted by Gasteiger charge is -2.11. The Morgan fingerprint density at radius 3 is 2.74 bits per heavy atom. The summed E-state index contributed by atoms with van der Waals surface area (Å²) in [6, 6.07) is 10.1. The third-order valence-corrected chi connectivity index (χ3v) is 3.91. The number of methoxy groups -OCH3 is 1. The highest BCUT2D eigenvalue weighted by Gasteiger charge is 2.11. The molecule has 3 rings (SSSR count). The normalized spacial score (nSPS) is 10.6. The van der Waals surface area contributed by atoms with Gasteiger partial charge in [0.2, 0.25) is 5.91 Å². The molecule has 2 aromatic heterocycles. The average Bonchev–Trinajstić information content (AvgIpc) is 3.20. The number of rotatable bonds is 7. The molecule has 1 aromatic carbocycles. The van der Waals surface area contributed by atoms with Crippen molar-refractivity contribution in [1.29, 1.82) is 0 Å². The Morgan fingerprint density at radius 2 is 2.00 bits per heavy atom. The fraction of sp³-hybridized carbons (Fsp3) is 0.211. The number of carbonyl (C=O) groups is 2. The number of amides is 1. The number of benzene rings is 1. The van der Waals surface area contributed by atoms with Crippen LogP contribution in [0.3, 0.4) is 0 Å². The van der Waals surface area contributed by atoms with Crippen LogP contribution in [0.5, 0.6) is 5.75 Å². The van der Waals surface area contributed by atoms with Gasteiger partial charge in [0.1, 0.15) is 18.1 Å². The number of aromatic nitrogens is 1. The van der Waals surface area contributed by atoms with E-state index in [1.807, 2.05) is 0 Å². The molecular weight excluding hydrogens is 352 g/mol. The molecular formula is C19H18N2O6. The molecule has 3 aromatic rings. The van der Waals surface area contributed by atoms with Crippen molar-refractivity contribution < 1.29 is 23.5 Å². The summed E-state index contributed by atoms with van der Waals surface area (Å²) in [6.45, 7) is -0.129. The monoisotopic (exact) mass is 370 g/mol. The predicted molar refractivity (Wildman–Crippen MR) is 96.3 cm³/mol. The molecule has 0 bridgehead atoms. The maximum Gasteiger partial charge on any atom is 0.343 e. The highest BCUT2D eigenvalue weighted by molar-refractivity contribution is 5.88. The van der Waals surface area contributed by atoms with Gasteiger partial charge in [0.25, 0.3) is 5.56 Å². The maximum absolute atomic E-state index is 12.7. The fourth-order valence-electron chi connectivity index (χ4n) is 2.54. The van der Waals surface area contributed by atoms with Crippen LogP contribution in [0.2, 0.25) is 0 Å². The summed E-state index contributed by atoms with van der Waals surface area (Å²) in [5.74, 6) is 0.186. The molecule has 0 atom stereocenters. The van der Waals surface area contributed by atoms with E-state index in [1.54, 1.807) is 36.4 Å². The van der Waals surface area contributed by atoms with E-state index in [1.165, 1.54) is 24.1 Å². The zero-order valence-electron chi connectivity index (χ0n) is 14.6. The summed E-state index contributed by atoms with van der Waals surface area (Å²) < 4.78 is 16.4. The van der Waals surface area contributed by atoms with Gasteiger partial charge in [-0.3, -0.25) is 9.59 Å². The Hall–Kier alpha value is -3.55. The number of nitrogens with one attached hydrogen (secondary N) is 1. The van der Waals surface area contributed by atoms with Gasteiger partial charge in [0.15, 0.2) is 6.61 Å². The van der Waals surface area contributed by atoms with Crippen LogP contribution in [0.15, 0.2) is 58.1 Å². The van der Waals surface area contributed by atoms with Gasteiger partial charge >= 0.3 is 5.97 Å². The number of hydrogen-bond acceptors (Lipinski definition) is 6. The molecule has 0 radical (unpaired) electrons. The standard InChI is InChI=1S/C19H18N2O6/c1-25-18(23)12-27-16-6-2-5-15-14(16)7-8-21(19(15)24)11-17(22)20-10-13-4-3-9-26-13/h2-9H,10-12H2,1H3,(H,20,22).